The van der Waals surface area contributed by atoms with Gasteiger partial charge in [-0.15, -0.1) is 0 Å². The van der Waals surface area contributed by atoms with Crippen LogP contribution in [-0.4, -0.2) is 109 Å². The van der Waals surface area contributed by atoms with Gasteiger partial charge in [0.05, 0.1) is 71.7 Å². The third-order valence-corrected chi connectivity index (χ3v) is 25.0. The summed E-state index contributed by atoms with van der Waals surface area (Å²) in [5, 5.41) is 1.51. The molecular weight excluding hydrogens is 1760 g/mol. The number of ether oxygens (including phenoxy) is 1. The number of hydrogen-bond acceptors (Lipinski definition) is 18. The molecule has 0 radical (unpaired) electrons. The van der Waals surface area contributed by atoms with E-state index in [0.717, 1.165) is 48.5 Å². The second-order valence-electron chi connectivity index (χ2n) is 28.4. The molecule has 17 aromatic rings. The molecule has 0 fully saturated rings. The van der Waals surface area contributed by atoms with E-state index in [9.17, 15) is 70.4 Å². The minimum Gasteiger partial charge on any atom is -0.481 e. The number of pyridine rings is 5. The van der Waals surface area contributed by atoms with E-state index in [1.165, 1.54) is 99.0 Å². The van der Waals surface area contributed by atoms with Gasteiger partial charge in [0.25, 0.3) is 40.1 Å². The van der Waals surface area contributed by atoms with Gasteiger partial charge in [0.2, 0.25) is 29.0 Å². The lowest BCUT2D eigenvalue weighted by molar-refractivity contribution is 0.102. The molecule has 26 nitrogen and oxygen atoms in total. The molecule has 0 aliphatic carbocycles. The standard InChI is InChI=1S/C27H20F2N4O4S.3C21H15F2N3O3S.CH4/c1-15-4-3-5-18(10-15)38(35,36)33-22-8-7-21(28)24(25(22)29)26(34)20-14-32-27-19(20)11-17(13-31-27)16-6-9-23(37-2)30-12-16;3*1-12-4-2-5-13(10-12)30(28,29)26-17-8-7-16(22)18(19(17)23)20(27)15-11-25-21-14(15)6-3-9-24-21;/h3-14,33H,1-2H3,(H,31,32);3*2-11,26H,1H3,(H,24,25);1H4. The van der Waals surface area contributed by atoms with Gasteiger partial charge in [0.15, 0.2) is 23.3 Å². The van der Waals surface area contributed by atoms with Crippen molar-refractivity contribution in [3.8, 4) is 17.0 Å². The first-order valence-corrected chi connectivity index (χ1v) is 43.7. The number of aromatic amines is 4. The quantitative estimate of drug-likeness (QED) is 0.0231. The lowest BCUT2D eigenvalue weighted by Gasteiger charge is -2.12. The summed E-state index contributed by atoms with van der Waals surface area (Å²) < 4.78 is 234. The van der Waals surface area contributed by atoms with Gasteiger partial charge in [0.1, 0.15) is 45.9 Å². The van der Waals surface area contributed by atoms with Gasteiger partial charge >= 0.3 is 0 Å². The zero-order valence-electron chi connectivity index (χ0n) is 66.9. The molecule has 8 N–H and O–H groups in total. The summed E-state index contributed by atoms with van der Waals surface area (Å²) in [6.45, 7) is 6.85. The first-order valence-electron chi connectivity index (χ1n) is 37.7. The normalized spacial score (nSPS) is 11.4. The molecule has 17 rings (SSSR count). The Labute approximate surface area is 730 Å². The van der Waals surface area contributed by atoms with Crippen LogP contribution in [0.1, 0.15) is 93.4 Å². The number of fused-ring (bicyclic) bond motifs is 4. The van der Waals surface area contributed by atoms with Gasteiger partial charge in [-0.3, -0.25) is 38.1 Å². The first kappa shape index (κ1) is 91.3. The maximum absolute atomic E-state index is 15.5. The molecule has 9 heterocycles. The van der Waals surface area contributed by atoms with Gasteiger partial charge in [-0.25, -0.2) is 93.7 Å². The fourth-order valence-electron chi connectivity index (χ4n) is 13.3. The molecule has 0 unspecified atom stereocenters. The van der Waals surface area contributed by atoms with Crippen LogP contribution in [-0.2, 0) is 40.1 Å². The van der Waals surface area contributed by atoms with Gasteiger partial charge in [-0.05, 0) is 196 Å². The molecule has 0 aliphatic rings. The van der Waals surface area contributed by atoms with Crippen LogP contribution in [0.4, 0.5) is 57.9 Å². The Balaban J connectivity index is 0.000000147. The highest BCUT2D eigenvalue weighted by atomic mass is 32.2. The van der Waals surface area contributed by atoms with E-state index in [1.807, 2.05) is 0 Å². The predicted molar refractivity (Wildman–Crippen MR) is 468 cm³/mol. The molecule has 8 aromatic carbocycles. The number of nitrogens with zero attached hydrogens (tertiary/aromatic N) is 5. The first-order chi connectivity index (χ1) is 61.0. The Morgan fingerprint density at radius 2 is 0.581 bits per heavy atom. The van der Waals surface area contributed by atoms with Gasteiger partial charge < -0.3 is 24.7 Å². The van der Waals surface area contributed by atoms with Crippen LogP contribution >= 0.6 is 0 Å². The molecule has 0 saturated carbocycles. The molecule has 9 aromatic heterocycles. The van der Waals surface area contributed by atoms with Gasteiger partial charge in [0, 0.05) is 117 Å². The fraction of sp³-hybridized carbons (Fsp3) is 0.0659. The SMILES string of the molecule is C.COc1ccc(-c2cnc3[nH]cc(C(=O)c4c(F)ccc(NS(=O)(=O)c5cccc(C)c5)c4F)c3c2)cn1.Cc1cccc(S(=O)(=O)Nc2ccc(F)c(C(=O)c3c[nH]c4ncccc34)c2F)c1.Cc1cccc(S(=O)(=O)Nc2ccc(F)c(C(=O)c3c[nH]c4ncccc34)c2F)c1.Cc1cccc(S(=O)(=O)Nc2ccc(F)c(C(=O)c3c[nH]c4ncccc34)c2F)c1. The van der Waals surface area contributed by atoms with Crippen LogP contribution < -0.4 is 23.6 Å². The number of sulfonamides is 4. The average molecular weight is 1830 g/mol. The number of aromatic nitrogens is 9. The van der Waals surface area contributed by atoms with Crippen molar-refractivity contribution in [2.75, 3.05) is 26.0 Å². The van der Waals surface area contributed by atoms with Gasteiger partial charge in [-0.1, -0.05) is 56.0 Å². The Kier molecular flexibility index (Phi) is 26.5. The number of rotatable bonds is 22. The minimum atomic E-state index is -4.20. The van der Waals surface area contributed by atoms with Crippen LogP contribution in [0, 0.1) is 74.2 Å². The van der Waals surface area contributed by atoms with E-state index in [2.05, 4.69) is 63.7 Å². The molecule has 0 atom stereocenters. The van der Waals surface area contributed by atoms with E-state index in [-0.39, 0.29) is 49.3 Å². The number of anilines is 4. The summed E-state index contributed by atoms with van der Waals surface area (Å²) >= 11 is 0. The van der Waals surface area contributed by atoms with Crippen LogP contribution in [0.3, 0.4) is 0 Å². The zero-order chi connectivity index (χ0) is 91.4. The topological polar surface area (TPSA) is 390 Å². The third-order valence-electron chi connectivity index (χ3n) is 19.6. The summed E-state index contributed by atoms with van der Waals surface area (Å²) in [7, 11) is -15.1. The lowest BCUT2D eigenvalue weighted by Crippen LogP contribution is -2.16. The number of nitrogens with one attached hydrogen (secondary N) is 8. The van der Waals surface area contributed by atoms with Crippen LogP contribution in [0.15, 0.2) is 276 Å². The number of methoxy groups -OCH3 is 1. The summed E-state index contributed by atoms with van der Waals surface area (Å²) in [6.07, 6.45) is 12.9. The average Bonchev–Trinajstić information content (AvgIpc) is 1.62. The lowest BCUT2D eigenvalue weighted by atomic mass is 10.00. The molecule has 0 spiro atoms. The number of halogens is 8. The van der Waals surface area contributed by atoms with Crippen molar-refractivity contribution < 1.29 is 92.7 Å². The second kappa shape index (κ2) is 37.4. The monoisotopic (exact) mass is 1830 g/mol. The smallest absolute Gasteiger partial charge is 0.261 e. The molecule has 0 aliphatic heterocycles. The van der Waals surface area contributed by atoms with Crippen LogP contribution in [0.5, 0.6) is 5.88 Å². The van der Waals surface area contributed by atoms with Crippen LogP contribution in [0.25, 0.3) is 55.3 Å². The summed E-state index contributed by atoms with van der Waals surface area (Å²) in [5.74, 6) is -13.0. The molecule has 0 bridgehead atoms. The Bertz CT molecular complexity index is 7300. The van der Waals surface area contributed by atoms with Crippen molar-refractivity contribution in [3.63, 3.8) is 0 Å². The van der Waals surface area contributed by atoms with E-state index < -0.39 is 155 Å². The van der Waals surface area contributed by atoms with Crippen molar-refractivity contribution in [3.05, 3.63) is 369 Å². The van der Waals surface area contributed by atoms with Gasteiger partial charge in [-0.2, -0.15) is 0 Å². The molecule has 38 heteroatoms. The van der Waals surface area contributed by atoms with Crippen molar-refractivity contribution in [2.45, 2.75) is 54.7 Å². The van der Waals surface area contributed by atoms with E-state index in [4.69, 9.17) is 4.74 Å². The molecule has 0 saturated heterocycles. The maximum Gasteiger partial charge on any atom is 0.261 e. The highest BCUT2D eigenvalue weighted by Crippen LogP contribution is 2.36. The zero-order valence-corrected chi connectivity index (χ0v) is 70.2. The maximum atomic E-state index is 15.5. The van der Waals surface area contributed by atoms with E-state index in [1.54, 1.807) is 143 Å². The third kappa shape index (κ3) is 19.4. The number of H-pyrrole nitrogens is 4. The number of aryl methyl sites for hydroxylation is 4. The number of carbonyl (C=O) groups excluding carboxylic acids is 4. The van der Waals surface area contributed by atoms with Crippen molar-refractivity contribution in [2.24, 2.45) is 0 Å². The number of carbonyl (C=O) groups is 4. The van der Waals surface area contributed by atoms with Crippen molar-refractivity contribution in [1.29, 1.82) is 0 Å². The number of hydrogen-bond donors (Lipinski definition) is 8. The molecule has 656 valence electrons. The van der Waals surface area contributed by atoms with Crippen molar-refractivity contribution >= 4 is 130 Å². The van der Waals surface area contributed by atoms with Crippen LogP contribution in [0.2, 0.25) is 0 Å². The Hall–Kier alpha value is -15.4. The molecular formula is C91H69F8N13O13S4. The van der Waals surface area contributed by atoms with E-state index >= 15 is 17.6 Å². The molecule has 129 heavy (non-hydrogen) atoms. The summed E-state index contributed by atoms with van der Waals surface area (Å²) in [5.41, 5.74) is -0.0199. The Morgan fingerprint density at radius 1 is 0.310 bits per heavy atom. The summed E-state index contributed by atoms with van der Waals surface area (Å²) in [4.78, 5) is 83.4. The predicted octanol–water partition coefficient (Wildman–Crippen LogP) is 18.4. The highest BCUT2D eigenvalue weighted by molar-refractivity contribution is 7.93. The Morgan fingerprint density at radius 3 is 0.845 bits per heavy atom. The number of ketones is 4. The minimum absolute atomic E-state index is 0. The largest absolute Gasteiger partial charge is 0.481 e. The highest BCUT2D eigenvalue weighted by Gasteiger charge is 2.33. The second-order valence-corrected chi connectivity index (χ2v) is 35.1. The van der Waals surface area contributed by atoms with Crippen molar-refractivity contribution in [1.82, 2.24) is 44.9 Å². The fourth-order valence-corrected chi connectivity index (χ4v) is 17.9. The van der Waals surface area contributed by atoms with E-state index in [0.29, 0.717) is 83.4 Å². The summed E-state index contributed by atoms with van der Waals surface area (Å²) in [6, 6.07) is 45.8. The molecule has 0 amide bonds. The number of benzene rings is 8.